The number of carbonyl (C=O) groups is 2. The number of carbonyl (C=O) groups excluding carboxylic acids is 2. The van der Waals surface area contributed by atoms with Crippen LogP contribution in [0, 0.1) is 0 Å². The predicted octanol–water partition coefficient (Wildman–Crippen LogP) is 1.58. The van der Waals surface area contributed by atoms with E-state index in [9.17, 15) is 14.7 Å². The molecule has 0 aromatic heterocycles. The summed E-state index contributed by atoms with van der Waals surface area (Å²) in [6.45, 7) is 1.84. The van der Waals surface area contributed by atoms with Crippen molar-refractivity contribution in [3.63, 3.8) is 0 Å². The van der Waals surface area contributed by atoms with E-state index in [0.717, 1.165) is 11.1 Å². The van der Waals surface area contributed by atoms with Crippen molar-refractivity contribution >= 4 is 11.8 Å². The first-order valence-electron chi connectivity index (χ1n) is 7.92. The zero-order chi connectivity index (χ0) is 17.4. The third-order valence-corrected chi connectivity index (χ3v) is 3.67. The Morgan fingerprint density at radius 3 is 2.17 bits per heavy atom. The van der Waals surface area contributed by atoms with Gasteiger partial charge in [-0.3, -0.25) is 9.59 Å². The molecule has 0 aliphatic rings. The molecule has 5 heteroatoms. The maximum atomic E-state index is 11.9. The summed E-state index contributed by atoms with van der Waals surface area (Å²) in [6.07, 6.45) is -0.320. The van der Waals surface area contributed by atoms with Crippen LogP contribution in [0.2, 0.25) is 0 Å². The Balaban J connectivity index is 1.76. The van der Waals surface area contributed by atoms with Crippen LogP contribution in [0.15, 0.2) is 60.7 Å². The number of benzene rings is 2. The minimum Gasteiger partial charge on any atom is -0.391 e. The minimum atomic E-state index is -0.745. The molecule has 0 radical (unpaired) electrons. The average molecular weight is 326 g/mol. The summed E-state index contributed by atoms with van der Waals surface area (Å²) < 4.78 is 0. The summed E-state index contributed by atoms with van der Waals surface area (Å²) in [5.41, 5.74) is 1.89. The highest BCUT2D eigenvalue weighted by Crippen LogP contribution is 2.10. The van der Waals surface area contributed by atoms with Crippen molar-refractivity contribution in [1.29, 1.82) is 0 Å². The molecule has 0 bridgehead atoms. The van der Waals surface area contributed by atoms with Crippen LogP contribution < -0.4 is 10.6 Å². The van der Waals surface area contributed by atoms with Crippen LogP contribution in [-0.2, 0) is 16.0 Å². The smallest absolute Gasteiger partial charge is 0.309 e. The van der Waals surface area contributed by atoms with E-state index < -0.39 is 17.9 Å². The van der Waals surface area contributed by atoms with Crippen LogP contribution in [0.25, 0.3) is 0 Å². The number of hydrogen-bond donors (Lipinski definition) is 3. The Labute approximate surface area is 141 Å². The first-order valence-corrected chi connectivity index (χ1v) is 7.92. The molecule has 0 fully saturated rings. The molecular weight excluding hydrogens is 304 g/mol. The Morgan fingerprint density at radius 2 is 1.54 bits per heavy atom. The van der Waals surface area contributed by atoms with Gasteiger partial charge in [-0.25, -0.2) is 0 Å². The number of hydrogen-bond acceptors (Lipinski definition) is 3. The fourth-order valence-electron chi connectivity index (χ4n) is 2.34. The highest BCUT2D eigenvalue weighted by atomic mass is 16.3. The van der Waals surface area contributed by atoms with Crippen LogP contribution in [0.1, 0.15) is 24.1 Å². The maximum absolute atomic E-state index is 11.9. The van der Waals surface area contributed by atoms with Gasteiger partial charge in [-0.15, -0.1) is 0 Å². The van der Waals surface area contributed by atoms with E-state index in [1.54, 1.807) is 0 Å². The first kappa shape index (κ1) is 17.7. The Bertz CT molecular complexity index is 659. The summed E-state index contributed by atoms with van der Waals surface area (Å²) in [7, 11) is 0. The third-order valence-electron chi connectivity index (χ3n) is 3.67. The van der Waals surface area contributed by atoms with Gasteiger partial charge in [0.2, 0.25) is 0 Å². The molecule has 2 rings (SSSR count). The van der Waals surface area contributed by atoms with Crippen molar-refractivity contribution in [2.24, 2.45) is 0 Å². The Hall–Kier alpha value is -2.66. The normalized spacial score (nSPS) is 12.9. The molecule has 2 atom stereocenters. The molecule has 2 aromatic rings. The lowest BCUT2D eigenvalue weighted by Gasteiger charge is -2.15. The molecule has 5 nitrogen and oxygen atoms in total. The zero-order valence-electron chi connectivity index (χ0n) is 13.6. The Morgan fingerprint density at radius 1 is 0.958 bits per heavy atom. The summed E-state index contributed by atoms with van der Waals surface area (Å²) in [5, 5.41) is 15.0. The predicted molar refractivity (Wildman–Crippen MR) is 92.2 cm³/mol. The largest absolute Gasteiger partial charge is 0.391 e. The molecule has 0 spiro atoms. The van der Waals surface area contributed by atoms with E-state index in [1.807, 2.05) is 67.6 Å². The van der Waals surface area contributed by atoms with Crippen molar-refractivity contribution in [1.82, 2.24) is 10.6 Å². The van der Waals surface area contributed by atoms with E-state index in [1.165, 1.54) is 0 Å². The van der Waals surface area contributed by atoms with Crippen LogP contribution in [0.4, 0.5) is 0 Å². The molecule has 2 aromatic carbocycles. The monoisotopic (exact) mass is 326 g/mol. The average Bonchev–Trinajstić information content (AvgIpc) is 2.61. The molecule has 24 heavy (non-hydrogen) atoms. The van der Waals surface area contributed by atoms with Crippen molar-refractivity contribution in [2.45, 2.75) is 25.5 Å². The topological polar surface area (TPSA) is 78.4 Å². The molecule has 0 saturated carbocycles. The maximum Gasteiger partial charge on any atom is 0.309 e. The van der Waals surface area contributed by atoms with Gasteiger partial charge in [-0.2, -0.15) is 0 Å². The van der Waals surface area contributed by atoms with E-state index in [4.69, 9.17) is 0 Å². The van der Waals surface area contributed by atoms with E-state index in [2.05, 4.69) is 10.6 Å². The molecular formula is C19H22N2O3. The highest BCUT2D eigenvalue weighted by molar-refractivity contribution is 6.35. The quantitative estimate of drug-likeness (QED) is 0.705. The van der Waals surface area contributed by atoms with Gasteiger partial charge in [0, 0.05) is 13.0 Å². The second-order valence-electron chi connectivity index (χ2n) is 5.66. The number of rotatable bonds is 6. The zero-order valence-corrected chi connectivity index (χ0v) is 13.6. The molecule has 0 unspecified atom stereocenters. The van der Waals surface area contributed by atoms with E-state index >= 15 is 0 Å². The number of aliphatic hydroxyl groups excluding tert-OH is 1. The summed E-state index contributed by atoms with van der Waals surface area (Å²) in [4.78, 5) is 23.7. The molecule has 0 heterocycles. The van der Waals surface area contributed by atoms with Crippen LogP contribution in [0.5, 0.6) is 0 Å². The lowest BCUT2D eigenvalue weighted by Crippen LogP contribution is -2.43. The summed E-state index contributed by atoms with van der Waals surface area (Å²) >= 11 is 0. The van der Waals surface area contributed by atoms with Gasteiger partial charge in [0.15, 0.2) is 0 Å². The molecule has 0 aliphatic carbocycles. The fraction of sp³-hybridized carbons (Fsp3) is 0.263. The lowest BCUT2D eigenvalue weighted by molar-refractivity contribution is -0.139. The number of aliphatic hydroxyl groups is 1. The van der Waals surface area contributed by atoms with Gasteiger partial charge in [-0.1, -0.05) is 60.7 Å². The second-order valence-corrected chi connectivity index (χ2v) is 5.66. The third kappa shape index (κ3) is 5.52. The van der Waals surface area contributed by atoms with Gasteiger partial charge in [-0.05, 0) is 18.1 Å². The minimum absolute atomic E-state index is 0.0286. The Kier molecular flexibility index (Phi) is 6.51. The van der Waals surface area contributed by atoms with Crippen LogP contribution in [-0.4, -0.2) is 29.6 Å². The second kappa shape index (κ2) is 8.84. The first-order chi connectivity index (χ1) is 11.6. The van der Waals surface area contributed by atoms with Gasteiger partial charge in [0.25, 0.3) is 0 Å². The summed E-state index contributed by atoms with van der Waals surface area (Å²) in [6, 6.07) is 18.6. The molecule has 0 aliphatic heterocycles. The lowest BCUT2D eigenvalue weighted by atomic mass is 10.1. The molecule has 2 amide bonds. The van der Waals surface area contributed by atoms with Gasteiger partial charge in [0.1, 0.15) is 0 Å². The van der Waals surface area contributed by atoms with Crippen molar-refractivity contribution in [3.8, 4) is 0 Å². The molecule has 126 valence electrons. The van der Waals surface area contributed by atoms with E-state index in [-0.39, 0.29) is 12.6 Å². The van der Waals surface area contributed by atoms with Crippen molar-refractivity contribution in [3.05, 3.63) is 71.8 Å². The highest BCUT2D eigenvalue weighted by Gasteiger charge is 2.17. The van der Waals surface area contributed by atoms with Crippen LogP contribution in [0.3, 0.4) is 0 Å². The van der Waals surface area contributed by atoms with Crippen molar-refractivity contribution < 1.29 is 14.7 Å². The van der Waals surface area contributed by atoms with Gasteiger partial charge < -0.3 is 15.7 Å². The SMILES string of the molecule is C[C@@H](NC(=O)C(=O)NC[C@@H](O)Cc1ccccc1)c1ccccc1. The van der Waals surface area contributed by atoms with Crippen molar-refractivity contribution in [2.75, 3.05) is 6.54 Å². The van der Waals surface area contributed by atoms with E-state index in [0.29, 0.717) is 6.42 Å². The van der Waals surface area contributed by atoms with Gasteiger partial charge in [0.05, 0.1) is 12.1 Å². The van der Waals surface area contributed by atoms with Gasteiger partial charge >= 0.3 is 11.8 Å². The van der Waals surface area contributed by atoms with Crippen LogP contribution >= 0.6 is 0 Å². The summed E-state index contributed by atoms with van der Waals surface area (Å²) in [5.74, 6) is -1.46. The molecule has 0 saturated heterocycles. The standard InChI is InChI=1S/C19H22N2O3/c1-14(16-10-6-3-7-11-16)21-19(24)18(23)20-13-17(22)12-15-8-4-2-5-9-15/h2-11,14,17,22H,12-13H2,1H3,(H,20,23)(H,21,24)/t14-,17+/m1/s1. The number of amides is 2. The number of nitrogens with one attached hydrogen (secondary N) is 2. The fourth-order valence-corrected chi connectivity index (χ4v) is 2.34. The molecule has 3 N–H and O–H groups in total.